The molecule has 1 aromatic carbocycles. The number of pyridine rings is 2. The van der Waals surface area contributed by atoms with Gasteiger partial charge in [-0.05, 0) is 35.0 Å². The lowest BCUT2D eigenvalue weighted by atomic mass is 10.2. The maximum Gasteiger partial charge on any atom is 0.167 e. The smallest absolute Gasteiger partial charge is 0.167 e. The van der Waals surface area contributed by atoms with Crippen molar-refractivity contribution >= 4 is 27.2 Å². The zero-order valence-electron chi connectivity index (χ0n) is 19.1. The second-order valence-corrected chi connectivity index (χ2v) is 8.57. The standard InChI is InChI=1S/C23H20FN5O2S.C2H6/c24-17-11-16(28-30)2-4-20(17)31-21-5-6-26-19-12-22(32-23(19)21)18-3-1-15(13-27-18)14-29-9-7-25-8-10-29;1-2/h1-6,11-13,25H,7-10,14H2;1-2H3. The van der Waals surface area contributed by atoms with E-state index < -0.39 is 5.82 Å². The van der Waals surface area contributed by atoms with Gasteiger partial charge in [0, 0.05) is 57.3 Å². The molecular formula is C25H26FN5O2S. The molecule has 4 heterocycles. The van der Waals surface area contributed by atoms with Crippen molar-refractivity contribution in [3.63, 3.8) is 0 Å². The lowest BCUT2D eigenvalue weighted by molar-refractivity contribution is 0.233. The van der Waals surface area contributed by atoms with Gasteiger partial charge >= 0.3 is 0 Å². The third kappa shape index (κ3) is 5.44. The zero-order chi connectivity index (χ0) is 23.9. The summed E-state index contributed by atoms with van der Waals surface area (Å²) in [6.07, 6.45) is 3.54. The van der Waals surface area contributed by atoms with Crippen molar-refractivity contribution in [3.05, 3.63) is 71.1 Å². The SMILES string of the molecule is CC.O=Nc1ccc(Oc2ccnc3cc(-c4ccc(CN5CCNCC5)cn4)sc23)c(F)c1. The summed E-state index contributed by atoms with van der Waals surface area (Å²) >= 11 is 1.49. The predicted molar refractivity (Wildman–Crippen MR) is 134 cm³/mol. The van der Waals surface area contributed by atoms with Crippen LogP contribution in [0.15, 0.2) is 60.0 Å². The summed E-state index contributed by atoms with van der Waals surface area (Å²) in [5.41, 5.74) is 2.80. The maximum atomic E-state index is 14.2. The number of ether oxygens (including phenoxy) is 1. The molecule has 4 aromatic rings. The predicted octanol–water partition coefficient (Wildman–Crippen LogP) is 6.12. The number of benzene rings is 1. The van der Waals surface area contributed by atoms with Crippen molar-refractivity contribution in [2.24, 2.45) is 5.18 Å². The van der Waals surface area contributed by atoms with E-state index in [1.54, 1.807) is 12.3 Å². The molecule has 5 rings (SSSR count). The topological polar surface area (TPSA) is 79.7 Å². The van der Waals surface area contributed by atoms with Crippen LogP contribution < -0.4 is 10.1 Å². The molecule has 0 bridgehead atoms. The Hall–Kier alpha value is -3.27. The van der Waals surface area contributed by atoms with Gasteiger partial charge in [0.2, 0.25) is 0 Å². The molecule has 0 aliphatic carbocycles. The van der Waals surface area contributed by atoms with Gasteiger partial charge < -0.3 is 10.1 Å². The van der Waals surface area contributed by atoms with Gasteiger partial charge in [0.15, 0.2) is 11.6 Å². The number of nitrogens with one attached hydrogen (secondary N) is 1. The van der Waals surface area contributed by atoms with E-state index in [-0.39, 0.29) is 11.4 Å². The number of fused-ring (bicyclic) bond motifs is 1. The van der Waals surface area contributed by atoms with Crippen molar-refractivity contribution in [2.75, 3.05) is 26.2 Å². The summed E-state index contributed by atoms with van der Waals surface area (Å²) < 4.78 is 20.8. The number of hydrogen-bond acceptors (Lipinski definition) is 8. The van der Waals surface area contributed by atoms with E-state index >= 15 is 0 Å². The number of halogens is 1. The Bertz CT molecular complexity index is 1260. The number of hydrogen-bond donors (Lipinski definition) is 1. The quantitative estimate of drug-likeness (QED) is 0.336. The van der Waals surface area contributed by atoms with E-state index in [4.69, 9.17) is 4.74 Å². The minimum absolute atomic E-state index is 0.0135. The molecule has 34 heavy (non-hydrogen) atoms. The minimum atomic E-state index is -0.648. The molecule has 176 valence electrons. The molecule has 1 aliphatic rings. The van der Waals surface area contributed by atoms with Gasteiger partial charge in [-0.1, -0.05) is 19.9 Å². The molecule has 1 saturated heterocycles. The summed E-state index contributed by atoms with van der Waals surface area (Å²) in [4.78, 5) is 23.0. The first-order valence-corrected chi connectivity index (χ1v) is 12.1. The summed E-state index contributed by atoms with van der Waals surface area (Å²) in [5.74, 6) is -0.131. The van der Waals surface area contributed by atoms with Gasteiger partial charge in [-0.25, -0.2) is 4.39 Å². The number of piperazine rings is 1. The number of thiophene rings is 1. The number of aromatic nitrogens is 2. The molecule has 0 spiro atoms. The number of rotatable bonds is 6. The average Bonchev–Trinajstić information content (AvgIpc) is 3.33. The number of nitroso groups, excluding NO2 is 1. The van der Waals surface area contributed by atoms with Crippen LogP contribution in [0, 0.1) is 10.7 Å². The van der Waals surface area contributed by atoms with Gasteiger partial charge in [-0.2, -0.15) is 0 Å². The van der Waals surface area contributed by atoms with Crippen LogP contribution in [0.25, 0.3) is 20.8 Å². The van der Waals surface area contributed by atoms with Crippen LogP contribution in [-0.4, -0.2) is 41.0 Å². The summed E-state index contributed by atoms with van der Waals surface area (Å²) in [6, 6.07) is 11.6. The molecular weight excluding hydrogens is 453 g/mol. The van der Waals surface area contributed by atoms with Crippen LogP contribution in [0.5, 0.6) is 11.5 Å². The highest BCUT2D eigenvalue weighted by Gasteiger charge is 2.15. The highest BCUT2D eigenvalue weighted by Crippen LogP contribution is 2.39. The van der Waals surface area contributed by atoms with Crippen LogP contribution in [0.3, 0.4) is 0 Å². The molecule has 0 radical (unpaired) electrons. The minimum Gasteiger partial charge on any atom is -0.453 e. The number of nitrogens with zero attached hydrogens (tertiary/aromatic N) is 4. The van der Waals surface area contributed by atoms with Crippen molar-refractivity contribution in [3.8, 4) is 22.1 Å². The summed E-state index contributed by atoms with van der Waals surface area (Å²) in [5, 5.41) is 6.10. The van der Waals surface area contributed by atoms with Crippen LogP contribution >= 0.6 is 11.3 Å². The van der Waals surface area contributed by atoms with Crippen molar-refractivity contribution < 1.29 is 9.13 Å². The molecule has 0 atom stereocenters. The fraction of sp³-hybridized carbons (Fsp3) is 0.280. The fourth-order valence-corrected chi connectivity index (χ4v) is 4.70. The molecule has 3 aromatic heterocycles. The van der Waals surface area contributed by atoms with Gasteiger partial charge in [-0.15, -0.1) is 16.2 Å². The first kappa shape index (κ1) is 23.9. The Balaban J connectivity index is 0.00000133. The lowest BCUT2D eigenvalue weighted by Crippen LogP contribution is -2.42. The largest absolute Gasteiger partial charge is 0.453 e. The lowest BCUT2D eigenvalue weighted by Gasteiger charge is -2.27. The normalized spacial score (nSPS) is 13.9. The molecule has 1 N–H and O–H groups in total. The van der Waals surface area contributed by atoms with Crippen molar-refractivity contribution in [1.29, 1.82) is 0 Å². The summed E-state index contributed by atoms with van der Waals surface area (Å²) in [6.45, 7) is 9.02. The highest BCUT2D eigenvalue weighted by atomic mass is 32.1. The second-order valence-electron chi connectivity index (χ2n) is 7.52. The second kappa shape index (κ2) is 11.2. The molecule has 9 heteroatoms. The monoisotopic (exact) mass is 479 g/mol. The van der Waals surface area contributed by atoms with Crippen LogP contribution in [0.1, 0.15) is 19.4 Å². The Morgan fingerprint density at radius 3 is 2.62 bits per heavy atom. The molecule has 0 saturated carbocycles. The van der Waals surface area contributed by atoms with Crippen LogP contribution in [0.4, 0.5) is 10.1 Å². The van der Waals surface area contributed by atoms with E-state index in [0.29, 0.717) is 5.75 Å². The third-order valence-electron chi connectivity index (χ3n) is 5.31. The highest BCUT2D eigenvalue weighted by molar-refractivity contribution is 7.22. The van der Waals surface area contributed by atoms with Gasteiger partial charge in [0.25, 0.3) is 0 Å². The fourth-order valence-electron chi connectivity index (χ4n) is 3.66. The van der Waals surface area contributed by atoms with Gasteiger partial charge in [-0.3, -0.25) is 14.9 Å². The first-order chi connectivity index (χ1) is 16.7. The molecule has 7 nitrogen and oxygen atoms in total. The average molecular weight is 480 g/mol. The van der Waals surface area contributed by atoms with E-state index in [1.165, 1.54) is 29.0 Å². The molecule has 1 fully saturated rings. The summed E-state index contributed by atoms with van der Waals surface area (Å²) in [7, 11) is 0. The van der Waals surface area contributed by atoms with Crippen LogP contribution in [-0.2, 0) is 6.54 Å². The van der Waals surface area contributed by atoms with Crippen LogP contribution in [0.2, 0.25) is 0 Å². The Labute approximate surface area is 201 Å². The van der Waals surface area contributed by atoms with Crippen molar-refractivity contribution in [1.82, 2.24) is 20.2 Å². The van der Waals surface area contributed by atoms with E-state index in [0.717, 1.165) is 59.6 Å². The third-order valence-corrected chi connectivity index (χ3v) is 6.47. The van der Waals surface area contributed by atoms with Gasteiger partial charge in [0.05, 0.1) is 20.8 Å². The molecule has 1 aliphatic heterocycles. The van der Waals surface area contributed by atoms with Crippen molar-refractivity contribution in [2.45, 2.75) is 20.4 Å². The maximum absolute atomic E-state index is 14.2. The Kier molecular flexibility index (Phi) is 7.89. The van der Waals surface area contributed by atoms with E-state index in [2.05, 4.69) is 31.4 Å². The Morgan fingerprint density at radius 1 is 1.09 bits per heavy atom. The Morgan fingerprint density at radius 2 is 1.91 bits per heavy atom. The van der Waals surface area contributed by atoms with E-state index in [1.807, 2.05) is 32.2 Å². The molecule has 0 unspecified atom stereocenters. The van der Waals surface area contributed by atoms with Gasteiger partial charge in [0.1, 0.15) is 11.4 Å². The zero-order valence-corrected chi connectivity index (χ0v) is 19.9. The first-order valence-electron chi connectivity index (χ1n) is 11.3. The van der Waals surface area contributed by atoms with E-state index in [9.17, 15) is 9.30 Å². The molecule has 0 amide bonds.